The third-order valence-electron chi connectivity index (χ3n) is 17.6. The maximum absolute atomic E-state index is 6.85. The number of benzene rings is 8. The van der Waals surface area contributed by atoms with Crippen LogP contribution in [0.3, 0.4) is 0 Å². The van der Waals surface area contributed by atoms with E-state index in [0.717, 1.165) is 46.0 Å². The van der Waals surface area contributed by atoms with E-state index in [1.165, 1.54) is 122 Å². The first-order chi connectivity index (χ1) is 37.2. The lowest BCUT2D eigenvalue weighted by Crippen LogP contribution is -2.66. The zero-order valence-corrected chi connectivity index (χ0v) is 48.1. The molecule has 0 aromatic heterocycles. The first kappa shape index (κ1) is 49.1. The summed E-state index contributed by atoms with van der Waals surface area (Å²) in [7, 11) is 0. The number of para-hydroxylation sites is 2. The van der Waals surface area contributed by atoms with E-state index in [4.69, 9.17) is 18.9 Å². The van der Waals surface area contributed by atoms with E-state index in [9.17, 15) is 0 Å². The Kier molecular flexibility index (Phi) is 10.5. The van der Waals surface area contributed by atoms with E-state index in [2.05, 4.69) is 226 Å². The van der Waals surface area contributed by atoms with Gasteiger partial charge in [0.1, 0.15) is 46.0 Å². The van der Waals surface area contributed by atoms with Crippen LogP contribution in [0.4, 0.5) is 22.7 Å². The average molecular weight is 1020 g/mol. The molecule has 8 aromatic rings. The van der Waals surface area contributed by atoms with Gasteiger partial charge in [0.2, 0.25) is 0 Å². The van der Waals surface area contributed by atoms with Crippen LogP contribution in [0, 0.1) is 55.4 Å². The molecular formula is C66H66B4N4O4. The number of hydrazine groups is 2. The van der Waals surface area contributed by atoms with Crippen molar-refractivity contribution in [3.05, 3.63) is 165 Å². The predicted molar refractivity (Wildman–Crippen MR) is 327 cm³/mol. The van der Waals surface area contributed by atoms with Gasteiger partial charge in [-0.15, -0.1) is 0 Å². The molecule has 0 atom stereocenters. The largest absolute Gasteiger partial charge is 0.458 e. The highest BCUT2D eigenvalue weighted by Gasteiger charge is 2.61. The van der Waals surface area contributed by atoms with Crippen LogP contribution in [0.2, 0.25) is 0 Å². The maximum Gasteiger partial charge on any atom is 0.310 e. The van der Waals surface area contributed by atoms with Gasteiger partial charge in [-0.1, -0.05) is 104 Å². The molecule has 0 unspecified atom stereocenters. The van der Waals surface area contributed by atoms with Gasteiger partial charge < -0.3 is 18.9 Å². The highest BCUT2D eigenvalue weighted by Crippen LogP contribution is 2.50. The third-order valence-corrected chi connectivity index (χ3v) is 17.6. The Bertz CT molecular complexity index is 3740. The van der Waals surface area contributed by atoms with Gasteiger partial charge in [-0.05, 0) is 204 Å². The molecule has 0 bridgehead atoms. The first-order valence-corrected chi connectivity index (χ1v) is 28.2. The van der Waals surface area contributed by atoms with E-state index in [1.54, 1.807) is 0 Å². The van der Waals surface area contributed by atoms with Gasteiger partial charge in [-0.3, -0.25) is 19.7 Å². The molecule has 0 spiro atoms. The second kappa shape index (κ2) is 16.6. The molecule has 0 radical (unpaired) electrons. The van der Waals surface area contributed by atoms with E-state index in [-0.39, 0.29) is 38.2 Å². The summed E-state index contributed by atoms with van der Waals surface area (Å²) in [4.78, 5) is 5.20. The van der Waals surface area contributed by atoms with Crippen LogP contribution in [0.15, 0.2) is 109 Å². The summed E-state index contributed by atoms with van der Waals surface area (Å²) in [6, 6.07) is 40.6. The topological polar surface area (TPSA) is 49.9 Å². The number of hydrogen-bond donors (Lipinski definition) is 0. The van der Waals surface area contributed by atoms with Crippen molar-refractivity contribution in [1.82, 2.24) is 9.66 Å². The van der Waals surface area contributed by atoms with Crippen LogP contribution >= 0.6 is 0 Å². The van der Waals surface area contributed by atoms with Gasteiger partial charge in [0.15, 0.2) is 0 Å². The molecule has 8 aliphatic heterocycles. The summed E-state index contributed by atoms with van der Waals surface area (Å²) >= 11 is 0. The quantitative estimate of drug-likeness (QED) is 0.139. The van der Waals surface area contributed by atoms with Crippen molar-refractivity contribution in [2.75, 3.05) is 10.0 Å². The second-order valence-electron chi connectivity index (χ2n) is 25.1. The molecule has 8 aliphatic rings. The molecule has 0 N–H and O–H groups in total. The minimum absolute atomic E-state index is 0.0337. The van der Waals surface area contributed by atoms with E-state index in [1.807, 2.05) is 13.8 Å². The molecule has 0 fully saturated rings. The maximum atomic E-state index is 6.85. The number of anilines is 4. The van der Waals surface area contributed by atoms with Crippen LogP contribution in [0.25, 0.3) is 0 Å². The third kappa shape index (κ3) is 6.71. The number of fused-ring (bicyclic) bond motifs is 18. The Balaban J connectivity index is 0.000000138. The Labute approximate surface area is 462 Å². The molecule has 0 saturated carbocycles. The van der Waals surface area contributed by atoms with Gasteiger partial charge in [0.25, 0.3) is 0 Å². The highest BCUT2D eigenvalue weighted by atomic mass is 16.5. The molecule has 12 heteroatoms. The van der Waals surface area contributed by atoms with Crippen molar-refractivity contribution < 1.29 is 18.9 Å². The predicted octanol–water partition coefficient (Wildman–Crippen LogP) is 11.1. The lowest BCUT2D eigenvalue weighted by molar-refractivity contribution is 0.458. The monoisotopic (exact) mass is 1020 g/mol. The lowest BCUT2D eigenvalue weighted by atomic mass is 9.38. The number of ether oxygens (including phenoxy) is 4. The first-order valence-electron chi connectivity index (χ1n) is 28.2. The van der Waals surface area contributed by atoms with Crippen LogP contribution in [-0.2, 0) is 10.8 Å². The van der Waals surface area contributed by atoms with Crippen LogP contribution in [0.5, 0.6) is 46.0 Å². The van der Waals surface area contributed by atoms with Gasteiger partial charge in [0, 0.05) is 21.9 Å². The summed E-state index contributed by atoms with van der Waals surface area (Å²) in [5.41, 5.74) is 27.1. The molecular weight excluding hydrogens is 956 g/mol. The van der Waals surface area contributed by atoms with Crippen molar-refractivity contribution in [1.29, 1.82) is 0 Å². The summed E-state index contributed by atoms with van der Waals surface area (Å²) in [6.07, 6.45) is 0. The SMILES string of the molecule is CC.Cc1cc2c3c(c1)N1c4cc(C)cc5c4B(c4cc(C)c(C)cc4O5)N1B3c1cc(C)c(C)cc1O2.Cc1cc2c3c(c1)N1c4cc(C)cc5c4B(c4cccc(C(C)(C)C)c4O5)N1B3c1cccc(C(C)(C)C)c1O2. The molecule has 0 aliphatic carbocycles. The van der Waals surface area contributed by atoms with Crippen molar-refractivity contribution in [2.45, 2.75) is 122 Å². The highest BCUT2D eigenvalue weighted by molar-refractivity contribution is 7.03. The fourth-order valence-electron chi connectivity index (χ4n) is 14.0. The van der Waals surface area contributed by atoms with Gasteiger partial charge >= 0.3 is 27.4 Å². The molecule has 8 heterocycles. The van der Waals surface area contributed by atoms with E-state index in [0.29, 0.717) is 0 Å². The zero-order chi connectivity index (χ0) is 54.5. The summed E-state index contributed by atoms with van der Waals surface area (Å²) in [5, 5.41) is 4.92. The standard InChI is InChI=1S/C34H34B2N2O2.C30H26B2N2O2.C2H6/c1-19-15-25-29-27(17-19)39-31-21(33(3,4)5)11-9-13-23(31)35(29)38-36-24-14-10-12-22(34(6,7)8)32(24)40-28-18-20(2)16-26(30(28)36)37(25)38;1-15-7-23-29-27(9-15)35-25-13-19(5)17(3)11-21(25)31(29)34-32-22-12-18(4)20(6)14-26(22)36-28-10-16(2)8-24(30(28)32)33(23)34;1-2/h9-18H,1-8H3;7-14H,1-6H3;1-2H3. The normalized spacial score (nSPS) is 15.6. The molecule has 386 valence electrons. The van der Waals surface area contributed by atoms with Crippen molar-refractivity contribution in [3.63, 3.8) is 0 Å². The van der Waals surface area contributed by atoms with Crippen LogP contribution in [0.1, 0.15) is 111 Å². The molecule has 8 aromatic carbocycles. The summed E-state index contributed by atoms with van der Waals surface area (Å²) < 4.78 is 26.9. The van der Waals surface area contributed by atoms with E-state index >= 15 is 0 Å². The average Bonchev–Trinajstić information content (AvgIpc) is 2.53. The Morgan fingerprint density at radius 1 is 0.333 bits per heavy atom. The number of rotatable bonds is 0. The van der Waals surface area contributed by atoms with Gasteiger partial charge in [0.05, 0.1) is 22.7 Å². The number of hydrogen-bond acceptors (Lipinski definition) is 8. The molecule has 8 nitrogen and oxygen atoms in total. The smallest absolute Gasteiger partial charge is 0.310 e. The molecule has 0 amide bonds. The van der Waals surface area contributed by atoms with Crippen LogP contribution < -0.4 is 72.7 Å². The van der Waals surface area contributed by atoms with E-state index < -0.39 is 0 Å². The number of nitrogens with zero attached hydrogens (tertiary/aromatic N) is 4. The van der Waals surface area contributed by atoms with Crippen LogP contribution in [-0.4, -0.2) is 37.1 Å². The summed E-state index contributed by atoms with van der Waals surface area (Å²) in [5.74, 6) is 7.85. The Morgan fingerprint density at radius 2 is 0.628 bits per heavy atom. The van der Waals surface area contributed by atoms with Crippen molar-refractivity contribution in [2.24, 2.45) is 0 Å². The fraction of sp³-hybridized carbons (Fsp3) is 0.273. The van der Waals surface area contributed by atoms with Crippen molar-refractivity contribution >= 4 is 93.8 Å². The summed E-state index contributed by atoms with van der Waals surface area (Å²) in [6.45, 7) is 35.2. The van der Waals surface area contributed by atoms with Crippen molar-refractivity contribution in [3.8, 4) is 46.0 Å². The van der Waals surface area contributed by atoms with Gasteiger partial charge in [-0.2, -0.15) is 0 Å². The Morgan fingerprint density at radius 3 is 0.949 bits per heavy atom. The molecule has 78 heavy (non-hydrogen) atoms. The minimum atomic E-state index is -0.0427. The molecule has 16 rings (SSSR count). The minimum Gasteiger partial charge on any atom is -0.458 e. The molecule has 0 saturated heterocycles. The second-order valence-corrected chi connectivity index (χ2v) is 25.1. The fourth-order valence-corrected chi connectivity index (χ4v) is 14.0. The Hall–Kier alpha value is -7.26. The number of aryl methyl sites for hydroxylation is 8. The lowest BCUT2D eigenvalue weighted by Gasteiger charge is -2.36. The van der Waals surface area contributed by atoms with Gasteiger partial charge in [-0.25, -0.2) is 0 Å². The zero-order valence-electron chi connectivity index (χ0n) is 48.1.